The molecule has 0 bridgehead atoms. The van der Waals surface area contributed by atoms with E-state index in [2.05, 4.69) is 5.32 Å². The van der Waals surface area contributed by atoms with E-state index >= 15 is 0 Å². The van der Waals surface area contributed by atoms with Crippen LogP contribution in [-0.2, 0) is 26.2 Å². The molecule has 1 heterocycles. The van der Waals surface area contributed by atoms with Crippen LogP contribution in [-0.4, -0.2) is 80.6 Å². The third kappa shape index (κ3) is 9.15. The van der Waals surface area contributed by atoms with Crippen LogP contribution in [0.4, 0.5) is 13.2 Å². The van der Waals surface area contributed by atoms with E-state index in [0.717, 1.165) is 24.2 Å². The Bertz CT molecular complexity index is 1200. The van der Waals surface area contributed by atoms with Crippen molar-refractivity contribution in [3.63, 3.8) is 0 Å². The van der Waals surface area contributed by atoms with Crippen molar-refractivity contribution in [3.8, 4) is 5.75 Å². The number of nitrogens with zero attached hydrogens (tertiary/aromatic N) is 2. The van der Waals surface area contributed by atoms with E-state index in [1.54, 1.807) is 4.90 Å². The molecular formula is C24H29ClF3N3O6S. The van der Waals surface area contributed by atoms with Gasteiger partial charge in [-0.3, -0.25) is 4.79 Å². The number of rotatable bonds is 8. The standard InChI is InChI=1S/C22H28ClN3O4S.C2HF3O2/c1-17-3-5-18(6-4-17)16-26(12-9-22(27)25-13-10-24-11-14-25)31(28,29)19-7-8-21(30-2)20(23)15-19;3-2(4,5)1(6)7/h3-8,15,24H,9-14,16H2,1-2H3;(H,6,7). The first-order valence-corrected chi connectivity index (χ1v) is 13.3. The van der Waals surface area contributed by atoms with Crippen LogP contribution in [0.2, 0.25) is 5.02 Å². The lowest BCUT2D eigenvalue weighted by molar-refractivity contribution is -0.192. The number of halogens is 4. The van der Waals surface area contributed by atoms with Crippen LogP contribution in [0, 0.1) is 6.92 Å². The van der Waals surface area contributed by atoms with Gasteiger partial charge in [-0.15, -0.1) is 0 Å². The third-order valence-electron chi connectivity index (χ3n) is 5.53. The predicted octanol–water partition coefficient (Wildman–Crippen LogP) is 3.30. The number of amides is 1. The van der Waals surface area contributed by atoms with Crippen molar-refractivity contribution in [2.45, 2.75) is 31.0 Å². The van der Waals surface area contributed by atoms with Crippen LogP contribution in [0.25, 0.3) is 0 Å². The molecule has 9 nitrogen and oxygen atoms in total. The number of nitrogens with one attached hydrogen (secondary N) is 1. The number of carboxylic acids is 1. The van der Waals surface area contributed by atoms with Gasteiger partial charge in [0.25, 0.3) is 0 Å². The third-order valence-corrected chi connectivity index (χ3v) is 7.66. The summed E-state index contributed by atoms with van der Waals surface area (Å²) in [6.07, 6.45) is -4.96. The molecule has 0 aliphatic carbocycles. The molecule has 2 N–H and O–H groups in total. The largest absolute Gasteiger partial charge is 0.495 e. The second-order valence-electron chi connectivity index (χ2n) is 8.30. The summed E-state index contributed by atoms with van der Waals surface area (Å²) in [7, 11) is -2.40. The Hall–Kier alpha value is -2.87. The molecule has 14 heteroatoms. The molecule has 0 atom stereocenters. The first-order chi connectivity index (χ1) is 17.8. The first kappa shape index (κ1) is 31.3. The summed E-state index contributed by atoms with van der Waals surface area (Å²) in [5, 5.41) is 10.6. The van der Waals surface area contributed by atoms with Crippen LogP contribution in [0.15, 0.2) is 47.4 Å². The first-order valence-electron chi connectivity index (χ1n) is 11.4. The van der Waals surface area contributed by atoms with Crippen molar-refractivity contribution in [1.29, 1.82) is 0 Å². The molecule has 1 saturated heterocycles. The minimum atomic E-state index is -5.08. The van der Waals surface area contributed by atoms with Crippen molar-refractivity contribution in [3.05, 3.63) is 58.6 Å². The second kappa shape index (κ2) is 13.8. The Morgan fingerprint density at radius 3 is 2.21 bits per heavy atom. The van der Waals surface area contributed by atoms with Crippen molar-refractivity contribution >= 4 is 33.5 Å². The number of carboxylic acid groups (broad SMARTS) is 1. The molecule has 3 rings (SSSR count). The fourth-order valence-corrected chi connectivity index (χ4v) is 5.21. The van der Waals surface area contributed by atoms with E-state index in [-0.39, 0.29) is 35.3 Å². The average molecular weight is 580 g/mol. The number of sulfonamides is 1. The number of hydrogen-bond donors (Lipinski definition) is 2. The number of benzene rings is 2. The van der Waals surface area contributed by atoms with Crippen molar-refractivity contribution in [2.75, 3.05) is 39.8 Å². The SMILES string of the molecule is COc1ccc(S(=O)(=O)N(CCC(=O)N2CCNCC2)Cc2ccc(C)cc2)cc1Cl.O=C(O)C(F)(F)F. The summed E-state index contributed by atoms with van der Waals surface area (Å²) in [6.45, 7) is 5.01. The van der Waals surface area contributed by atoms with Gasteiger partial charge < -0.3 is 20.1 Å². The van der Waals surface area contributed by atoms with Crippen molar-refractivity contribution in [2.24, 2.45) is 0 Å². The molecule has 0 unspecified atom stereocenters. The maximum Gasteiger partial charge on any atom is 0.490 e. The zero-order valence-electron chi connectivity index (χ0n) is 20.8. The van der Waals surface area contributed by atoms with Crippen LogP contribution in [0.5, 0.6) is 5.75 Å². The Kier molecular flexibility index (Phi) is 11.4. The van der Waals surface area contributed by atoms with Crippen LogP contribution in [0.3, 0.4) is 0 Å². The molecule has 2 aromatic rings. The summed E-state index contributed by atoms with van der Waals surface area (Å²) in [6, 6.07) is 12.1. The maximum absolute atomic E-state index is 13.4. The minimum absolute atomic E-state index is 0.0432. The van der Waals surface area contributed by atoms with Gasteiger partial charge in [0, 0.05) is 45.7 Å². The van der Waals surface area contributed by atoms with E-state index in [9.17, 15) is 26.4 Å². The van der Waals surface area contributed by atoms with Gasteiger partial charge in [-0.1, -0.05) is 41.4 Å². The molecule has 210 valence electrons. The van der Waals surface area contributed by atoms with Gasteiger partial charge in [0.1, 0.15) is 5.75 Å². The number of carbonyl (C=O) groups excluding carboxylic acids is 1. The van der Waals surface area contributed by atoms with E-state index in [0.29, 0.717) is 18.8 Å². The highest BCUT2D eigenvalue weighted by molar-refractivity contribution is 7.89. The molecule has 1 fully saturated rings. The number of hydrogen-bond acceptors (Lipinski definition) is 6. The second-order valence-corrected chi connectivity index (χ2v) is 10.6. The molecule has 1 amide bonds. The highest BCUT2D eigenvalue weighted by atomic mass is 35.5. The van der Waals surface area contributed by atoms with E-state index in [1.165, 1.54) is 29.6 Å². The normalized spacial score (nSPS) is 14.0. The molecule has 1 aliphatic heterocycles. The van der Waals surface area contributed by atoms with Gasteiger partial charge in [-0.2, -0.15) is 17.5 Å². The smallest absolute Gasteiger partial charge is 0.490 e. The molecule has 1 aliphatic rings. The molecular weight excluding hydrogens is 551 g/mol. The Morgan fingerprint density at radius 1 is 1.13 bits per heavy atom. The Labute approximate surface area is 224 Å². The Morgan fingerprint density at radius 2 is 1.71 bits per heavy atom. The molecule has 0 radical (unpaired) electrons. The lowest BCUT2D eigenvalue weighted by Crippen LogP contribution is -2.47. The summed E-state index contributed by atoms with van der Waals surface area (Å²) in [5.74, 6) is -2.40. The lowest BCUT2D eigenvalue weighted by Gasteiger charge is -2.29. The number of piperazine rings is 1. The van der Waals surface area contributed by atoms with E-state index in [1.807, 2.05) is 31.2 Å². The number of aryl methyl sites for hydroxylation is 1. The number of alkyl halides is 3. The van der Waals surface area contributed by atoms with Gasteiger partial charge in [-0.05, 0) is 30.7 Å². The molecule has 0 spiro atoms. The topological polar surface area (TPSA) is 116 Å². The fraction of sp³-hybridized carbons (Fsp3) is 0.417. The molecule has 38 heavy (non-hydrogen) atoms. The van der Waals surface area contributed by atoms with Crippen LogP contribution < -0.4 is 10.1 Å². The van der Waals surface area contributed by atoms with E-state index < -0.39 is 22.2 Å². The van der Waals surface area contributed by atoms with Gasteiger partial charge in [0.2, 0.25) is 15.9 Å². The van der Waals surface area contributed by atoms with E-state index in [4.69, 9.17) is 26.2 Å². The quantitative estimate of drug-likeness (QED) is 0.493. The van der Waals surface area contributed by atoms with Crippen LogP contribution in [0.1, 0.15) is 17.5 Å². The number of carbonyl (C=O) groups is 2. The molecule has 2 aromatic carbocycles. The Balaban J connectivity index is 0.000000638. The van der Waals surface area contributed by atoms with Gasteiger partial charge >= 0.3 is 12.1 Å². The average Bonchev–Trinajstić information content (AvgIpc) is 2.87. The zero-order chi connectivity index (χ0) is 28.5. The summed E-state index contributed by atoms with van der Waals surface area (Å²) in [4.78, 5) is 23.4. The summed E-state index contributed by atoms with van der Waals surface area (Å²) in [5.41, 5.74) is 1.94. The summed E-state index contributed by atoms with van der Waals surface area (Å²) < 4.78 is 65.1. The highest BCUT2D eigenvalue weighted by Crippen LogP contribution is 2.29. The minimum Gasteiger partial charge on any atom is -0.495 e. The monoisotopic (exact) mass is 579 g/mol. The van der Waals surface area contributed by atoms with Gasteiger partial charge in [0.15, 0.2) is 0 Å². The molecule has 0 saturated carbocycles. The maximum atomic E-state index is 13.4. The fourth-order valence-electron chi connectivity index (χ4n) is 3.43. The number of ether oxygens (including phenoxy) is 1. The van der Waals surface area contributed by atoms with Gasteiger partial charge in [0.05, 0.1) is 17.0 Å². The van der Waals surface area contributed by atoms with Crippen LogP contribution >= 0.6 is 11.6 Å². The van der Waals surface area contributed by atoms with Gasteiger partial charge in [-0.25, -0.2) is 13.2 Å². The predicted molar refractivity (Wildman–Crippen MR) is 135 cm³/mol. The lowest BCUT2D eigenvalue weighted by atomic mass is 10.1. The summed E-state index contributed by atoms with van der Waals surface area (Å²) >= 11 is 6.17. The molecule has 0 aromatic heterocycles. The zero-order valence-corrected chi connectivity index (χ0v) is 22.4. The number of aliphatic carboxylic acids is 1. The number of methoxy groups -OCH3 is 1. The van der Waals surface area contributed by atoms with Crippen molar-refractivity contribution < 1.29 is 41.0 Å². The highest BCUT2D eigenvalue weighted by Gasteiger charge is 2.38. The van der Waals surface area contributed by atoms with Crippen molar-refractivity contribution in [1.82, 2.24) is 14.5 Å².